The molecule has 0 radical (unpaired) electrons. The monoisotopic (exact) mass is 312 g/mol. The van der Waals surface area contributed by atoms with Gasteiger partial charge < -0.3 is 15.4 Å². The topological polar surface area (TPSA) is 50.4 Å². The number of benzene rings is 2. The Morgan fingerprint density at radius 2 is 1.91 bits per heavy atom. The van der Waals surface area contributed by atoms with Crippen LogP contribution < -0.4 is 15.4 Å². The highest BCUT2D eigenvalue weighted by atomic mass is 16.5. The summed E-state index contributed by atoms with van der Waals surface area (Å²) in [5.41, 5.74) is 4.00. The first-order chi connectivity index (χ1) is 11.0. The summed E-state index contributed by atoms with van der Waals surface area (Å²) >= 11 is 0. The third-order valence-corrected chi connectivity index (χ3v) is 3.71. The molecule has 2 aromatic carbocycles. The van der Waals surface area contributed by atoms with Crippen LogP contribution in [0.4, 0.5) is 11.4 Å². The maximum Gasteiger partial charge on any atom is 0.243 e. The highest BCUT2D eigenvalue weighted by Gasteiger charge is 2.11. The molecule has 0 aliphatic heterocycles. The molecule has 0 aliphatic rings. The third kappa shape index (κ3) is 4.49. The maximum absolute atomic E-state index is 12.3. The quantitative estimate of drug-likeness (QED) is 0.841. The predicted octanol–water partition coefficient (Wildman–Crippen LogP) is 4.18. The molecular formula is C19H24N2O2. The van der Waals surface area contributed by atoms with Crippen LogP contribution in [0.15, 0.2) is 42.5 Å². The van der Waals surface area contributed by atoms with Gasteiger partial charge in [-0.1, -0.05) is 38.1 Å². The Kier molecular flexibility index (Phi) is 5.63. The van der Waals surface area contributed by atoms with Crippen molar-refractivity contribution in [1.82, 2.24) is 0 Å². The largest absolute Gasteiger partial charge is 0.497 e. The fraction of sp³-hybridized carbons (Fsp3) is 0.316. The minimum atomic E-state index is -0.0657. The molecule has 0 bridgehead atoms. The van der Waals surface area contributed by atoms with E-state index >= 15 is 0 Å². The van der Waals surface area contributed by atoms with Gasteiger partial charge in [-0.2, -0.15) is 0 Å². The first kappa shape index (κ1) is 16.9. The number of ether oxygens (including phenoxy) is 1. The molecule has 0 atom stereocenters. The molecule has 0 aliphatic carbocycles. The molecular weight excluding hydrogens is 288 g/mol. The maximum atomic E-state index is 12.3. The van der Waals surface area contributed by atoms with Crippen LogP contribution in [-0.4, -0.2) is 19.6 Å². The first-order valence-electron chi connectivity index (χ1n) is 7.78. The van der Waals surface area contributed by atoms with E-state index in [0.29, 0.717) is 5.92 Å². The van der Waals surface area contributed by atoms with Gasteiger partial charge in [0, 0.05) is 17.4 Å². The molecule has 0 aromatic heterocycles. The minimum Gasteiger partial charge on any atom is -0.497 e. The Bertz CT molecular complexity index is 681. The zero-order valence-corrected chi connectivity index (χ0v) is 14.1. The normalized spacial score (nSPS) is 10.5. The molecule has 1 amide bonds. The number of anilines is 2. The number of amides is 1. The van der Waals surface area contributed by atoms with Crippen LogP contribution in [0.25, 0.3) is 0 Å². The van der Waals surface area contributed by atoms with E-state index in [1.54, 1.807) is 7.11 Å². The molecule has 0 fully saturated rings. The number of hydrogen-bond acceptors (Lipinski definition) is 3. The zero-order valence-electron chi connectivity index (χ0n) is 14.1. The molecule has 2 N–H and O–H groups in total. The molecule has 122 valence electrons. The van der Waals surface area contributed by atoms with Gasteiger partial charge in [0.25, 0.3) is 0 Å². The van der Waals surface area contributed by atoms with Crippen LogP contribution in [0.3, 0.4) is 0 Å². The van der Waals surface area contributed by atoms with E-state index in [4.69, 9.17) is 4.74 Å². The van der Waals surface area contributed by atoms with Crippen LogP contribution >= 0.6 is 0 Å². The minimum absolute atomic E-state index is 0.0657. The highest BCUT2D eigenvalue weighted by molar-refractivity contribution is 5.95. The van der Waals surface area contributed by atoms with Crippen molar-refractivity contribution in [2.45, 2.75) is 26.7 Å². The molecule has 0 spiro atoms. The smallest absolute Gasteiger partial charge is 0.243 e. The summed E-state index contributed by atoms with van der Waals surface area (Å²) in [6.07, 6.45) is 0. The summed E-state index contributed by atoms with van der Waals surface area (Å²) in [4.78, 5) is 12.3. The van der Waals surface area contributed by atoms with Crippen LogP contribution in [0, 0.1) is 6.92 Å². The van der Waals surface area contributed by atoms with Crippen molar-refractivity contribution in [3.05, 3.63) is 53.6 Å². The molecule has 23 heavy (non-hydrogen) atoms. The van der Waals surface area contributed by atoms with E-state index in [1.807, 2.05) is 43.3 Å². The Morgan fingerprint density at radius 3 is 2.61 bits per heavy atom. The summed E-state index contributed by atoms with van der Waals surface area (Å²) < 4.78 is 5.17. The number of carbonyl (C=O) groups is 1. The number of rotatable bonds is 6. The van der Waals surface area contributed by atoms with Gasteiger partial charge in [0.1, 0.15) is 5.75 Å². The van der Waals surface area contributed by atoms with Crippen molar-refractivity contribution in [3.63, 3.8) is 0 Å². The second-order valence-corrected chi connectivity index (χ2v) is 5.83. The van der Waals surface area contributed by atoms with Crippen molar-refractivity contribution in [2.75, 3.05) is 24.3 Å². The molecule has 0 heterocycles. The van der Waals surface area contributed by atoms with E-state index in [2.05, 4.69) is 30.5 Å². The Balaban J connectivity index is 2.03. The van der Waals surface area contributed by atoms with Crippen molar-refractivity contribution >= 4 is 17.3 Å². The average Bonchev–Trinajstić information content (AvgIpc) is 2.54. The van der Waals surface area contributed by atoms with E-state index in [9.17, 15) is 4.79 Å². The molecule has 0 saturated heterocycles. The van der Waals surface area contributed by atoms with Gasteiger partial charge >= 0.3 is 0 Å². The van der Waals surface area contributed by atoms with Crippen molar-refractivity contribution < 1.29 is 9.53 Å². The lowest BCUT2D eigenvalue weighted by atomic mass is 9.98. The Morgan fingerprint density at radius 1 is 1.17 bits per heavy atom. The van der Waals surface area contributed by atoms with E-state index in [-0.39, 0.29) is 12.5 Å². The number of nitrogens with one attached hydrogen (secondary N) is 2. The molecule has 0 unspecified atom stereocenters. The Labute approximate surface area is 137 Å². The predicted molar refractivity (Wildman–Crippen MR) is 95.4 cm³/mol. The van der Waals surface area contributed by atoms with E-state index < -0.39 is 0 Å². The molecule has 2 aromatic rings. The average molecular weight is 312 g/mol. The summed E-state index contributed by atoms with van der Waals surface area (Å²) in [7, 11) is 1.62. The molecule has 2 rings (SSSR count). The third-order valence-electron chi connectivity index (χ3n) is 3.71. The summed E-state index contributed by atoms with van der Waals surface area (Å²) in [5, 5.41) is 6.14. The van der Waals surface area contributed by atoms with E-state index in [0.717, 1.165) is 28.3 Å². The van der Waals surface area contributed by atoms with Crippen LogP contribution in [-0.2, 0) is 4.79 Å². The standard InChI is InChI=1S/C19H24N2O2/c1-13(2)17-10-5-7-14(3)19(17)21-18(22)12-20-15-8-6-9-16(11-15)23-4/h5-11,13,20H,12H2,1-4H3,(H,21,22). The second kappa shape index (κ2) is 7.68. The van der Waals surface area contributed by atoms with Gasteiger partial charge in [-0.05, 0) is 36.1 Å². The van der Waals surface area contributed by atoms with Crippen LogP contribution in [0.1, 0.15) is 30.9 Å². The van der Waals surface area contributed by atoms with Crippen LogP contribution in [0.2, 0.25) is 0 Å². The summed E-state index contributed by atoms with van der Waals surface area (Å²) in [5.74, 6) is 1.05. The van der Waals surface area contributed by atoms with Gasteiger partial charge in [-0.3, -0.25) is 4.79 Å². The van der Waals surface area contributed by atoms with Gasteiger partial charge in [0.05, 0.1) is 13.7 Å². The molecule has 0 saturated carbocycles. The van der Waals surface area contributed by atoms with Crippen molar-refractivity contribution in [1.29, 1.82) is 0 Å². The van der Waals surface area contributed by atoms with Gasteiger partial charge in [0.15, 0.2) is 0 Å². The number of aryl methyl sites for hydroxylation is 1. The number of methoxy groups -OCH3 is 1. The lowest BCUT2D eigenvalue weighted by Gasteiger charge is -2.17. The van der Waals surface area contributed by atoms with Crippen molar-refractivity contribution in [3.8, 4) is 5.75 Å². The summed E-state index contributed by atoms with van der Waals surface area (Å²) in [6.45, 7) is 6.47. The van der Waals surface area contributed by atoms with Gasteiger partial charge in [-0.15, -0.1) is 0 Å². The zero-order chi connectivity index (χ0) is 16.8. The van der Waals surface area contributed by atoms with E-state index in [1.165, 1.54) is 0 Å². The van der Waals surface area contributed by atoms with Gasteiger partial charge in [-0.25, -0.2) is 0 Å². The highest BCUT2D eigenvalue weighted by Crippen LogP contribution is 2.27. The fourth-order valence-corrected chi connectivity index (χ4v) is 2.44. The van der Waals surface area contributed by atoms with Crippen LogP contribution in [0.5, 0.6) is 5.75 Å². The lowest BCUT2D eigenvalue weighted by Crippen LogP contribution is -2.23. The molecule has 4 heteroatoms. The fourth-order valence-electron chi connectivity index (χ4n) is 2.44. The number of hydrogen-bond donors (Lipinski definition) is 2. The molecule has 4 nitrogen and oxygen atoms in total. The first-order valence-corrected chi connectivity index (χ1v) is 7.78. The lowest BCUT2D eigenvalue weighted by molar-refractivity contribution is -0.114. The SMILES string of the molecule is COc1cccc(NCC(=O)Nc2c(C)cccc2C(C)C)c1. The number of carbonyl (C=O) groups excluding carboxylic acids is 1. The second-order valence-electron chi connectivity index (χ2n) is 5.83. The Hall–Kier alpha value is -2.49. The summed E-state index contributed by atoms with van der Waals surface area (Å²) in [6, 6.07) is 13.6. The van der Waals surface area contributed by atoms with Gasteiger partial charge in [0.2, 0.25) is 5.91 Å². The van der Waals surface area contributed by atoms with Crippen molar-refractivity contribution in [2.24, 2.45) is 0 Å². The number of para-hydroxylation sites is 1.